The van der Waals surface area contributed by atoms with E-state index >= 15 is 0 Å². The van der Waals surface area contributed by atoms with Crippen molar-refractivity contribution in [3.63, 3.8) is 0 Å². The first-order valence-electron chi connectivity index (χ1n) is 5.02. The standard InChI is InChI=1S/C11H18O3/c1-5-7(2)9-8(12)6-11(3,4)14-10(9)13/h7,12H,5-6H2,1-4H3. The van der Waals surface area contributed by atoms with Gasteiger partial charge in [0, 0.05) is 6.42 Å². The monoisotopic (exact) mass is 198 g/mol. The fraction of sp³-hybridized carbons (Fsp3) is 0.727. The molecule has 0 saturated carbocycles. The molecule has 1 atom stereocenters. The summed E-state index contributed by atoms with van der Waals surface area (Å²) in [7, 11) is 0. The maximum Gasteiger partial charge on any atom is 0.338 e. The molecular weight excluding hydrogens is 180 g/mol. The molecule has 0 saturated heterocycles. The molecule has 0 aromatic rings. The van der Waals surface area contributed by atoms with Crippen LogP contribution < -0.4 is 0 Å². The Labute approximate surface area is 84.8 Å². The number of hydrogen-bond donors (Lipinski definition) is 1. The van der Waals surface area contributed by atoms with Crippen molar-refractivity contribution in [1.82, 2.24) is 0 Å². The first kappa shape index (κ1) is 11.1. The molecular formula is C11H18O3. The Morgan fingerprint density at radius 1 is 1.57 bits per heavy atom. The summed E-state index contributed by atoms with van der Waals surface area (Å²) in [5.74, 6) is -0.104. The maximum atomic E-state index is 11.6. The zero-order chi connectivity index (χ0) is 10.9. The van der Waals surface area contributed by atoms with Gasteiger partial charge in [0.25, 0.3) is 0 Å². The van der Waals surface area contributed by atoms with E-state index in [-0.39, 0.29) is 17.6 Å². The molecule has 0 aliphatic carbocycles. The third-order valence-corrected chi connectivity index (χ3v) is 2.60. The number of cyclic esters (lactones) is 1. The quantitative estimate of drug-likeness (QED) is 0.694. The fourth-order valence-corrected chi connectivity index (χ4v) is 1.65. The SMILES string of the molecule is CCC(C)C1=C(O)CC(C)(C)OC1=O. The van der Waals surface area contributed by atoms with E-state index in [9.17, 15) is 9.90 Å². The Kier molecular flexibility index (Phi) is 2.88. The molecule has 0 spiro atoms. The van der Waals surface area contributed by atoms with E-state index in [1.165, 1.54) is 0 Å². The van der Waals surface area contributed by atoms with Crippen molar-refractivity contribution in [3.05, 3.63) is 11.3 Å². The summed E-state index contributed by atoms with van der Waals surface area (Å²) in [4.78, 5) is 11.6. The second kappa shape index (κ2) is 3.64. The number of ether oxygens (including phenoxy) is 1. The summed E-state index contributed by atoms with van der Waals surface area (Å²) in [6.07, 6.45) is 1.24. The summed E-state index contributed by atoms with van der Waals surface area (Å²) in [6.45, 7) is 7.51. The average Bonchev–Trinajstić information content (AvgIpc) is 1.99. The van der Waals surface area contributed by atoms with E-state index in [1.54, 1.807) is 13.8 Å². The molecule has 0 fully saturated rings. The molecule has 0 bridgehead atoms. The van der Waals surface area contributed by atoms with Crippen molar-refractivity contribution >= 4 is 5.97 Å². The lowest BCUT2D eigenvalue weighted by molar-refractivity contribution is -0.155. The van der Waals surface area contributed by atoms with Crippen LogP contribution >= 0.6 is 0 Å². The number of carbonyl (C=O) groups is 1. The zero-order valence-electron chi connectivity index (χ0n) is 9.26. The highest BCUT2D eigenvalue weighted by atomic mass is 16.6. The molecule has 80 valence electrons. The first-order valence-corrected chi connectivity index (χ1v) is 5.02. The summed E-state index contributed by atoms with van der Waals surface area (Å²) in [5.41, 5.74) is -0.121. The van der Waals surface area contributed by atoms with Crippen molar-refractivity contribution in [3.8, 4) is 0 Å². The van der Waals surface area contributed by atoms with Crippen LogP contribution in [0, 0.1) is 5.92 Å². The molecule has 0 radical (unpaired) electrons. The van der Waals surface area contributed by atoms with Gasteiger partial charge in [0.15, 0.2) is 0 Å². The zero-order valence-corrected chi connectivity index (χ0v) is 9.26. The van der Waals surface area contributed by atoms with Gasteiger partial charge in [-0.3, -0.25) is 0 Å². The van der Waals surface area contributed by atoms with Gasteiger partial charge >= 0.3 is 5.97 Å². The Hall–Kier alpha value is -0.990. The molecule has 3 heteroatoms. The highest BCUT2D eigenvalue weighted by Gasteiger charge is 2.35. The number of hydrogen-bond acceptors (Lipinski definition) is 3. The van der Waals surface area contributed by atoms with Crippen LogP contribution in [0.2, 0.25) is 0 Å². The van der Waals surface area contributed by atoms with Crippen molar-refractivity contribution in [2.24, 2.45) is 5.92 Å². The third-order valence-electron chi connectivity index (χ3n) is 2.60. The molecule has 1 unspecified atom stereocenters. The van der Waals surface area contributed by atoms with Crippen molar-refractivity contribution < 1.29 is 14.6 Å². The first-order chi connectivity index (χ1) is 6.37. The van der Waals surface area contributed by atoms with Crippen LogP contribution in [0.15, 0.2) is 11.3 Å². The minimum Gasteiger partial charge on any atom is -0.512 e. The number of aliphatic hydroxyl groups is 1. The number of aliphatic hydroxyl groups excluding tert-OH is 1. The van der Waals surface area contributed by atoms with Crippen LogP contribution in [0.5, 0.6) is 0 Å². The molecule has 1 rings (SSSR count). The number of carbonyl (C=O) groups excluding carboxylic acids is 1. The van der Waals surface area contributed by atoms with Crippen LogP contribution in [0.1, 0.15) is 40.5 Å². The Bertz CT molecular complexity index is 276. The van der Waals surface area contributed by atoms with Gasteiger partial charge < -0.3 is 9.84 Å². The summed E-state index contributed by atoms with van der Waals surface area (Å²) in [6, 6.07) is 0. The van der Waals surface area contributed by atoms with Crippen LogP contribution in [-0.4, -0.2) is 16.7 Å². The molecule has 1 heterocycles. The summed E-state index contributed by atoms with van der Waals surface area (Å²) in [5, 5.41) is 9.76. The smallest absolute Gasteiger partial charge is 0.338 e. The predicted molar refractivity (Wildman–Crippen MR) is 53.9 cm³/mol. The third kappa shape index (κ3) is 2.08. The molecule has 0 amide bonds. The van der Waals surface area contributed by atoms with Gasteiger partial charge in [-0.2, -0.15) is 0 Å². The fourth-order valence-electron chi connectivity index (χ4n) is 1.65. The lowest BCUT2D eigenvalue weighted by Crippen LogP contribution is -2.36. The van der Waals surface area contributed by atoms with Crippen LogP contribution in [0.3, 0.4) is 0 Å². The Balaban J connectivity index is 2.99. The molecule has 0 aromatic heterocycles. The van der Waals surface area contributed by atoms with Gasteiger partial charge in [-0.1, -0.05) is 13.8 Å². The van der Waals surface area contributed by atoms with Gasteiger partial charge in [-0.15, -0.1) is 0 Å². The van der Waals surface area contributed by atoms with Crippen molar-refractivity contribution in [2.75, 3.05) is 0 Å². The Morgan fingerprint density at radius 3 is 2.57 bits per heavy atom. The maximum absolute atomic E-state index is 11.6. The molecule has 1 N–H and O–H groups in total. The van der Waals surface area contributed by atoms with Crippen LogP contribution in [-0.2, 0) is 9.53 Å². The van der Waals surface area contributed by atoms with Gasteiger partial charge in [-0.25, -0.2) is 4.79 Å². The van der Waals surface area contributed by atoms with Gasteiger partial charge in [-0.05, 0) is 26.2 Å². The highest BCUT2D eigenvalue weighted by molar-refractivity contribution is 5.90. The lowest BCUT2D eigenvalue weighted by Gasteiger charge is -2.32. The van der Waals surface area contributed by atoms with Crippen LogP contribution in [0.25, 0.3) is 0 Å². The topological polar surface area (TPSA) is 46.5 Å². The molecule has 0 aromatic carbocycles. The van der Waals surface area contributed by atoms with E-state index in [2.05, 4.69) is 0 Å². The van der Waals surface area contributed by atoms with Crippen molar-refractivity contribution in [1.29, 1.82) is 0 Å². The van der Waals surface area contributed by atoms with Gasteiger partial charge in [0.2, 0.25) is 0 Å². The predicted octanol–water partition coefficient (Wildman–Crippen LogP) is 2.57. The van der Waals surface area contributed by atoms with E-state index in [0.717, 1.165) is 6.42 Å². The number of rotatable bonds is 2. The number of esters is 1. The van der Waals surface area contributed by atoms with E-state index < -0.39 is 5.60 Å². The molecule has 1 aliphatic rings. The minimum absolute atomic E-state index is 0.0681. The van der Waals surface area contributed by atoms with Gasteiger partial charge in [0.05, 0.1) is 5.57 Å². The van der Waals surface area contributed by atoms with E-state index in [0.29, 0.717) is 12.0 Å². The highest BCUT2D eigenvalue weighted by Crippen LogP contribution is 2.32. The normalized spacial score (nSPS) is 23.3. The van der Waals surface area contributed by atoms with Crippen molar-refractivity contribution in [2.45, 2.75) is 46.1 Å². The average molecular weight is 198 g/mol. The molecule has 14 heavy (non-hydrogen) atoms. The molecule has 1 aliphatic heterocycles. The lowest BCUT2D eigenvalue weighted by atomic mass is 9.90. The molecule has 3 nitrogen and oxygen atoms in total. The summed E-state index contributed by atoms with van der Waals surface area (Å²) < 4.78 is 5.22. The van der Waals surface area contributed by atoms with E-state index in [1.807, 2.05) is 13.8 Å². The second-order valence-corrected chi connectivity index (χ2v) is 4.50. The van der Waals surface area contributed by atoms with E-state index in [4.69, 9.17) is 4.74 Å². The Morgan fingerprint density at radius 2 is 2.14 bits per heavy atom. The minimum atomic E-state index is -0.571. The van der Waals surface area contributed by atoms with Crippen LogP contribution in [0.4, 0.5) is 0 Å². The summed E-state index contributed by atoms with van der Waals surface area (Å²) >= 11 is 0. The second-order valence-electron chi connectivity index (χ2n) is 4.50. The largest absolute Gasteiger partial charge is 0.512 e. The van der Waals surface area contributed by atoms with Gasteiger partial charge in [0.1, 0.15) is 11.4 Å².